The van der Waals surface area contributed by atoms with Crippen LogP contribution in [0.4, 0.5) is 0 Å². The van der Waals surface area contributed by atoms with Crippen LogP contribution in [0.5, 0.6) is 0 Å². The molecule has 0 spiro atoms. The zero-order chi connectivity index (χ0) is 14.0. The van der Waals surface area contributed by atoms with Gasteiger partial charge < -0.3 is 15.0 Å². The molecule has 2 aromatic rings. The van der Waals surface area contributed by atoms with Crippen LogP contribution in [-0.4, -0.2) is 33.7 Å². The second-order valence-corrected chi connectivity index (χ2v) is 5.38. The van der Waals surface area contributed by atoms with E-state index < -0.39 is 6.61 Å². The largest absolute Gasteiger partial charge is 0.387 e. The van der Waals surface area contributed by atoms with Crippen molar-refractivity contribution in [2.75, 3.05) is 13.2 Å². The van der Waals surface area contributed by atoms with Gasteiger partial charge in [-0.15, -0.1) is 0 Å². The van der Waals surface area contributed by atoms with Crippen LogP contribution in [0.3, 0.4) is 0 Å². The predicted octanol–water partition coefficient (Wildman–Crippen LogP) is 0.959. The quantitative estimate of drug-likeness (QED) is 0.861. The van der Waals surface area contributed by atoms with Crippen molar-refractivity contribution in [3.05, 3.63) is 30.1 Å². The number of hydrogen-bond donors (Lipinski definition) is 2. The van der Waals surface area contributed by atoms with Gasteiger partial charge in [0.2, 0.25) is 5.91 Å². The fourth-order valence-electron chi connectivity index (χ4n) is 2.03. The van der Waals surface area contributed by atoms with Crippen molar-refractivity contribution >= 4 is 16.9 Å². The minimum Gasteiger partial charge on any atom is -0.387 e. The number of nitrogens with one attached hydrogen (secondary N) is 1. The molecule has 5 heteroatoms. The summed E-state index contributed by atoms with van der Waals surface area (Å²) in [5.74, 6) is -0.355. The average molecular weight is 261 g/mol. The van der Waals surface area contributed by atoms with Crippen molar-refractivity contribution in [3.63, 3.8) is 0 Å². The van der Waals surface area contributed by atoms with Crippen LogP contribution < -0.4 is 5.32 Å². The zero-order valence-corrected chi connectivity index (χ0v) is 11.5. The van der Waals surface area contributed by atoms with Crippen LogP contribution in [0, 0.1) is 0 Å². The molecule has 2 N–H and O–H groups in total. The number of aryl methyl sites for hydroxylation is 1. The summed E-state index contributed by atoms with van der Waals surface area (Å²) in [5.41, 5.74) is 2.92. The van der Waals surface area contributed by atoms with Gasteiger partial charge in [0.15, 0.2) is 0 Å². The number of rotatable bonds is 4. The summed E-state index contributed by atoms with van der Waals surface area (Å²) in [6.45, 7) is 4.10. The number of imidazole rings is 1. The number of fused-ring (bicyclic) bond motifs is 1. The highest BCUT2D eigenvalue weighted by molar-refractivity contribution is 5.77. The summed E-state index contributed by atoms with van der Waals surface area (Å²) in [5, 5.41) is 11.4. The summed E-state index contributed by atoms with van der Waals surface area (Å²) >= 11 is 0. The minimum absolute atomic E-state index is 0.212. The van der Waals surface area contributed by atoms with Crippen molar-refractivity contribution in [2.45, 2.75) is 19.3 Å². The van der Waals surface area contributed by atoms with Crippen molar-refractivity contribution < 1.29 is 9.90 Å². The molecule has 1 heterocycles. The van der Waals surface area contributed by atoms with E-state index in [1.54, 1.807) is 6.33 Å². The lowest BCUT2D eigenvalue weighted by Crippen LogP contribution is -2.37. The molecular weight excluding hydrogens is 242 g/mol. The highest BCUT2D eigenvalue weighted by atomic mass is 16.3. The molecule has 0 saturated heterocycles. The first-order chi connectivity index (χ1) is 8.94. The van der Waals surface area contributed by atoms with E-state index in [-0.39, 0.29) is 11.3 Å². The molecule has 1 amide bonds. The number of amides is 1. The van der Waals surface area contributed by atoms with Gasteiger partial charge in [0.25, 0.3) is 0 Å². The molecule has 1 aromatic carbocycles. The Hall–Kier alpha value is -1.88. The fourth-order valence-corrected chi connectivity index (χ4v) is 2.03. The van der Waals surface area contributed by atoms with Crippen molar-refractivity contribution in [3.8, 4) is 0 Å². The van der Waals surface area contributed by atoms with E-state index >= 15 is 0 Å². The highest BCUT2D eigenvalue weighted by Crippen LogP contribution is 2.25. The third-order valence-corrected chi connectivity index (χ3v) is 3.38. The van der Waals surface area contributed by atoms with Crippen LogP contribution in [0.15, 0.2) is 24.5 Å². The average Bonchev–Trinajstić information content (AvgIpc) is 2.77. The first-order valence-corrected chi connectivity index (χ1v) is 6.23. The second-order valence-electron chi connectivity index (χ2n) is 5.38. The molecule has 0 aliphatic rings. The van der Waals surface area contributed by atoms with E-state index in [1.807, 2.05) is 23.7 Å². The number of aliphatic hydroxyl groups is 1. The monoisotopic (exact) mass is 261 g/mol. The van der Waals surface area contributed by atoms with E-state index in [0.29, 0.717) is 6.54 Å². The Morgan fingerprint density at radius 3 is 2.89 bits per heavy atom. The molecular formula is C14H19N3O2. The maximum atomic E-state index is 11.1. The number of carbonyl (C=O) groups is 1. The lowest BCUT2D eigenvalue weighted by Gasteiger charge is -2.25. The molecule has 0 unspecified atom stereocenters. The smallest absolute Gasteiger partial charge is 0.245 e. The third-order valence-electron chi connectivity index (χ3n) is 3.38. The molecule has 0 aliphatic heterocycles. The molecule has 0 aliphatic carbocycles. The second kappa shape index (κ2) is 5.01. The molecule has 19 heavy (non-hydrogen) atoms. The van der Waals surface area contributed by atoms with Gasteiger partial charge in [-0.3, -0.25) is 4.79 Å². The van der Waals surface area contributed by atoms with Gasteiger partial charge in [-0.25, -0.2) is 4.98 Å². The van der Waals surface area contributed by atoms with Crippen molar-refractivity contribution in [2.24, 2.45) is 7.05 Å². The van der Waals surface area contributed by atoms with Crippen LogP contribution in [-0.2, 0) is 17.3 Å². The number of benzene rings is 1. The van der Waals surface area contributed by atoms with Gasteiger partial charge in [0, 0.05) is 19.0 Å². The molecule has 0 atom stereocenters. The van der Waals surface area contributed by atoms with Gasteiger partial charge in [-0.05, 0) is 17.7 Å². The van der Waals surface area contributed by atoms with Crippen molar-refractivity contribution in [1.29, 1.82) is 0 Å². The van der Waals surface area contributed by atoms with E-state index in [9.17, 15) is 4.79 Å². The minimum atomic E-state index is -0.477. The van der Waals surface area contributed by atoms with Crippen LogP contribution in [0.2, 0.25) is 0 Å². The van der Waals surface area contributed by atoms with Crippen molar-refractivity contribution in [1.82, 2.24) is 14.9 Å². The lowest BCUT2D eigenvalue weighted by molar-refractivity contribution is -0.124. The Balaban J connectivity index is 2.24. The Morgan fingerprint density at radius 2 is 2.21 bits per heavy atom. The zero-order valence-electron chi connectivity index (χ0n) is 11.5. The number of aliphatic hydroxyl groups excluding tert-OH is 1. The van der Waals surface area contributed by atoms with Gasteiger partial charge in [0.05, 0.1) is 17.4 Å². The number of nitrogens with zero attached hydrogens (tertiary/aromatic N) is 2. The summed E-state index contributed by atoms with van der Waals surface area (Å²) in [6, 6.07) is 6.13. The number of carbonyl (C=O) groups excluding carboxylic acids is 1. The molecule has 1 aromatic heterocycles. The Morgan fingerprint density at radius 1 is 1.47 bits per heavy atom. The highest BCUT2D eigenvalue weighted by Gasteiger charge is 2.22. The topological polar surface area (TPSA) is 67.2 Å². The van der Waals surface area contributed by atoms with Gasteiger partial charge in [0.1, 0.15) is 6.61 Å². The van der Waals surface area contributed by atoms with E-state index in [4.69, 9.17) is 5.11 Å². The predicted molar refractivity (Wildman–Crippen MR) is 73.8 cm³/mol. The Labute approximate surface area is 112 Å². The lowest BCUT2D eigenvalue weighted by atomic mass is 9.84. The summed E-state index contributed by atoms with van der Waals surface area (Å²) in [6.07, 6.45) is 1.79. The maximum absolute atomic E-state index is 11.1. The summed E-state index contributed by atoms with van der Waals surface area (Å²) in [4.78, 5) is 15.5. The number of aromatic nitrogens is 2. The molecule has 0 bridgehead atoms. The molecule has 2 rings (SSSR count). The SMILES string of the molecule is Cn1cnc2cc(C(C)(C)CNC(=O)CO)ccc21. The van der Waals surface area contributed by atoms with Crippen LogP contribution >= 0.6 is 0 Å². The van der Waals surface area contributed by atoms with E-state index in [2.05, 4.69) is 30.2 Å². The normalized spacial score (nSPS) is 11.8. The van der Waals surface area contributed by atoms with E-state index in [1.165, 1.54) is 0 Å². The third kappa shape index (κ3) is 2.76. The van der Waals surface area contributed by atoms with Crippen LogP contribution in [0.1, 0.15) is 19.4 Å². The fraction of sp³-hybridized carbons (Fsp3) is 0.429. The maximum Gasteiger partial charge on any atom is 0.245 e. The van der Waals surface area contributed by atoms with E-state index in [0.717, 1.165) is 16.6 Å². The van der Waals surface area contributed by atoms with Gasteiger partial charge >= 0.3 is 0 Å². The first-order valence-electron chi connectivity index (χ1n) is 6.23. The van der Waals surface area contributed by atoms with Gasteiger partial charge in [-0.1, -0.05) is 19.9 Å². The van der Waals surface area contributed by atoms with Crippen LogP contribution in [0.25, 0.3) is 11.0 Å². The molecule has 0 radical (unpaired) electrons. The Kier molecular flexibility index (Phi) is 3.57. The molecule has 5 nitrogen and oxygen atoms in total. The van der Waals surface area contributed by atoms with Gasteiger partial charge in [-0.2, -0.15) is 0 Å². The number of hydrogen-bond acceptors (Lipinski definition) is 3. The Bertz CT molecular complexity index is 602. The standard InChI is InChI=1S/C14H19N3O2/c1-14(2,8-15-13(19)7-18)10-4-5-12-11(6-10)16-9-17(12)3/h4-6,9,18H,7-8H2,1-3H3,(H,15,19). The molecule has 0 fully saturated rings. The summed E-state index contributed by atoms with van der Waals surface area (Å²) in [7, 11) is 1.96. The molecule has 0 saturated carbocycles. The molecule has 102 valence electrons. The summed E-state index contributed by atoms with van der Waals surface area (Å²) < 4.78 is 1.97. The first kappa shape index (κ1) is 13.5.